The summed E-state index contributed by atoms with van der Waals surface area (Å²) in [7, 11) is 0. The van der Waals surface area contributed by atoms with Crippen LogP contribution < -0.4 is 5.32 Å². The maximum absolute atomic E-state index is 12.6. The molecule has 1 aliphatic heterocycles. The largest absolute Gasteiger partial charge is 0.478 e. The van der Waals surface area contributed by atoms with Gasteiger partial charge in [-0.3, -0.25) is 9.59 Å². The number of carbonyl (C=O) groups is 3. The van der Waals surface area contributed by atoms with Gasteiger partial charge < -0.3 is 15.3 Å². The molecule has 1 fully saturated rings. The van der Waals surface area contributed by atoms with Crippen LogP contribution in [0.5, 0.6) is 0 Å². The summed E-state index contributed by atoms with van der Waals surface area (Å²) < 4.78 is 0. The third-order valence-corrected chi connectivity index (χ3v) is 4.40. The van der Waals surface area contributed by atoms with Gasteiger partial charge in [-0.15, -0.1) is 0 Å². The van der Waals surface area contributed by atoms with Gasteiger partial charge in [0.05, 0.1) is 5.56 Å². The highest BCUT2D eigenvalue weighted by molar-refractivity contribution is 5.99. The number of carboxylic acid groups (broad SMARTS) is 1. The molecule has 6 heteroatoms. The number of nitrogens with one attached hydrogen (secondary N) is 1. The highest BCUT2D eigenvalue weighted by Crippen LogP contribution is 2.24. The molecule has 2 amide bonds. The number of likely N-dealkylation sites (tertiary alicyclic amines) is 1. The lowest BCUT2D eigenvalue weighted by atomic mass is 10.0. The van der Waals surface area contributed by atoms with Crippen molar-refractivity contribution >= 4 is 23.5 Å². The minimum Gasteiger partial charge on any atom is -0.478 e. The molecule has 1 heterocycles. The van der Waals surface area contributed by atoms with Crippen LogP contribution in [0.25, 0.3) is 0 Å². The Labute approximate surface area is 141 Å². The Bertz CT molecular complexity index is 669. The number of rotatable bonds is 5. The molecule has 1 atom stereocenters. The van der Waals surface area contributed by atoms with Crippen molar-refractivity contribution in [3.63, 3.8) is 0 Å². The summed E-state index contributed by atoms with van der Waals surface area (Å²) in [4.78, 5) is 37.6. The van der Waals surface area contributed by atoms with E-state index in [1.165, 1.54) is 6.07 Å². The van der Waals surface area contributed by atoms with Crippen molar-refractivity contribution in [2.45, 2.75) is 52.5 Å². The minimum absolute atomic E-state index is 0.00185. The number of benzene rings is 1. The van der Waals surface area contributed by atoms with Crippen LogP contribution in [0.2, 0.25) is 0 Å². The molecule has 0 radical (unpaired) electrons. The number of carbonyl (C=O) groups excluding carboxylic acids is 2. The van der Waals surface area contributed by atoms with Gasteiger partial charge in [0.25, 0.3) is 0 Å². The van der Waals surface area contributed by atoms with Crippen LogP contribution >= 0.6 is 0 Å². The maximum atomic E-state index is 12.6. The van der Waals surface area contributed by atoms with Gasteiger partial charge in [0.15, 0.2) is 0 Å². The summed E-state index contributed by atoms with van der Waals surface area (Å²) in [6, 6.07) is 2.75. The Morgan fingerprint density at radius 3 is 2.58 bits per heavy atom. The monoisotopic (exact) mass is 332 g/mol. The fourth-order valence-electron chi connectivity index (χ4n) is 3.13. The number of amides is 2. The summed E-state index contributed by atoms with van der Waals surface area (Å²) in [5.41, 5.74) is 2.10. The van der Waals surface area contributed by atoms with Gasteiger partial charge in [0.2, 0.25) is 11.8 Å². The second-order valence-electron chi connectivity index (χ2n) is 6.27. The fourth-order valence-corrected chi connectivity index (χ4v) is 3.13. The van der Waals surface area contributed by atoms with Crippen molar-refractivity contribution in [1.29, 1.82) is 0 Å². The molecule has 1 saturated heterocycles. The van der Waals surface area contributed by atoms with Crippen molar-refractivity contribution in [3.8, 4) is 0 Å². The fraction of sp³-hybridized carbons (Fsp3) is 0.500. The number of hydrogen-bond donors (Lipinski definition) is 2. The van der Waals surface area contributed by atoms with Crippen LogP contribution in [0.15, 0.2) is 12.1 Å². The molecule has 6 nitrogen and oxygen atoms in total. The lowest BCUT2D eigenvalue weighted by Gasteiger charge is -2.24. The molecule has 24 heavy (non-hydrogen) atoms. The first-order valence-corrected chi connectivity index (χ1v) is 8.30. The molecule has 1 aromatic rings. The molecule has 2 N–H and O–H groups in total. The smallest absolute Gasteiger partial charge is 0.336 e. The quantitative estimate of drug-likeness (QED) is 0.868. The first-order chi connectivity index (χ1) is 11.3. The summed E-state index contributed by atoms with van der Waals surface area (Å²) >= 11 is 0. The summed E-state index contributed by atoms with van der Waals surface area (Å²) in [5.74, 6) is -1.27. The standard InChI is InChI=1S/C18H24N2O4/c1-4-6-16(21)20-8-5-7-15(20)17(22)19-14-10-13(18(23)24)11(2)9-12(14)3/h9-10,15H,4-8H2,1-3H3,(H,19,22)(H,23,24). The van der Waals surface area contributed by atoms with Gasteiger partial charge in [0, 0.05) is 18.7 Å². The number of aryl methyl sites for hydroxylation is 2. The van der Waals surface area contributed by atoms with E-state index in [9.17, 15) is 19.5 Å². The molecule has 1 aromatic carbocycles. The summed E-state index contributed by atoms with van der Waals surface area (Å²) in [5, 5.41) is 12.0. The maximum Gasteiger partial charge on any atom is 0.336 e. The predicted octanol–water partition coefficient (Wildman–Crippen LogP) is 2.73. The first-order valence-electron chi connectivity index (χ1n) is 8.30. The van der Waals surface area contributed by atoms with E-state index in [0.29, 0.717) is 30.6 Å². The topological polar surface area (TPSA) is 86.7 Å². The van der Waals surface area contributed by atoms with E-state index >= 15 is 0 Å². The van der Waals surface area contributed by atoms with Gasteiger partial charge in [-0.05, 0) is 50.3 Å². The second kappa shape index (κ2) is 7.47. The highest BCUT2D eigenvalue weighted by Gasteiger charge is 2.33. The number of anilines is 1. The summed E-state index contributed by atoms with van der Waals surface area (Å²) in [6.07, 6.45) is 2.64. The molecule has 1 aliphatic rings. The zero-order valence-corrected chi connectivity index (χ0v) is 14.4. The molecule has 0 spiro atoms. The molecular weight excluding hydrogens is 308 g/mol. The van der Waals surface area contributed by atoms with E-state index in [0.717, 1.165) is 18.4 Å². The van der Waals surface area contributed by atoms with Crippen molar-refractivity contribution in [2.75, 3.05) is 11.9 Å². The third kappa shape index (κ3) is 3.75. The van der Waals surface area contributed by atoms with Gasteiger partial charge in [-0.25, -0.2) is 4.79 Å². The minimum atomic E-state index is -1.02. The van der Waals surface area contributed by atoms with E-state index in [1.54, 1.807) is 17.9 Å². The zero-order chi connectivity index (χ0) is 17.9. The van der Waals surface area contributed by atoms with Gasteiger partial charge in [-0.2, -0.15) is 0 Å². The van der Waals surface area contributed by atoms with Crippen molar-refractivity contribution in [1.82, 2.24) is 4.90 Å². The molecule has 0 aliphatic carbocycles. The van der Waals surface area contributed by atoms with Crippen molar-refractivity contribution in [3.05, 3.63) is 28.8 Å². The Morgan fingerprint density at radius 1 is 1.25 bits per heavy atom. The number of hydrogen-bond acceptors (Lipinski definition) is 3. The lowest BCUT2D eigenvalue weighted by molar-refractivity contribution is -0.136. The predicted molar refractivity (Wildman–Crippen MR) is 91.1 cm³/mol. The normalized spacial score (nSPS) is 17.0. The van der Waals surface area contributed by atoms with Crippen LogP contribution in [0.1, 0.15) is 54.1 Å². The number of aromatic carboxylic acids is 1. The number of carboxylic acids is 1. The molecular formula is C18H24N2O4. The van der Waals surface area contributed by atoms with Gasteiger partial charge >= 0.3 is 5.97 Å². The highest BCUT2D eigenvalue weighted by atomic mass is 16.4. The lowest BCUT2D eigenvalue weighted by Crippen LogP contribution is -2.43. The third-order valence-electron chi connectivity index (χ3n) is 4.40. The van der Waals surface area contributed by atoms with E-state index in [-0.39, 0.29) is 17.4 Å². The van der Waals surface area contributed by atoms with E-state index in [1.807, 2.05) is 13.8 Å². The molecule has 1 unspecified atom stereocenters. The SMILES string of the molecule is CCCC(=O)N1CCCC1C(=O)Nc1cc(C(=O)O)c(C)cc1C. The average Bonchev–Trinajstić information content (AvgIpc) is 2.99. The Hall–Kier alpha value is -2.37. The number of nitrogens with zero attached hydrogens (tertiary/aromatic N) is 1. The van der Waals surface area contributed by atoms with E-state index in [4.69, 9.17) is 0 Å². The van der Waals surface area contributed by atoms with E-state index < -0.39 is 12.0 Å². The Morgan fingerprint density at radius 2 is 1.96 bits per heavy atom. The summed E-state index contributed by atoms with van der Waals surface area (Å²) in [6.45, 7) is 6.09. The van der Waals surface area contributed by atoms with Crippen LogP contribution in [0, 0.1) is 13.8 Å². The van der Waals surface area contributed by atoms with Crippen LogP contribution in [0.4, 0.5) is 5.69 Å². The van der Waals surface area contributed by atoms with E-state index in [2.05, 4.69) is 5.32 Å². The molecule has 0 bridgehead atoms. The molecule has 130 valence electrons. The Balaban J connectivity index is 2.18. The second-order valence-corrected chi connectivity index (χ2v) is 6.27. The molecule has 0 aromatic heterocycles. The molecule has 0 saturated carbocycles. The van der Waals surface area contributed by atoms with Crippen LogP contribution in [0.3, 0.4) is 0 Å². The van der Waals surface area contributed by atoms with Crippen LogP contribution in [-0.4, -0.2) is 40.4 Å². The first kappa shape index (κ1) is 18.0. The zero-order valence-electron chi connectivity index (χ0n) is 14.4. The van der Waals surface area contributed by atoms with Crippen molar-refractivity contribution in [2.24, 2.45) is 0 Å². The average molecular weight is 332 g/mol. The molecule has 2 rings (SSSR count). The Kier molecular flexibility index (Phi) is 5.59. The van der Waals surface area contributed by atoms with Crippen LogP contribution in [-0.2, 0) is 9.59 Å². The van der Waals surface area contributed by atoms with Gasteiger partial charge in [-0.1, -0.05) is 13.0 Å². The van der Waals surface area contributed by atoms with Crippen molar-refractivity contribution < 1.29 is 19.5 Å². The van der Waals surface area contributed by atoms with Gasteiger partial charge in [0.1, 0.15) is 6.04 Å².